The van der Waals surface area contributed by atoms with Crippen molar-refractivity contribution in [3.8, 4) is 5.75 Å². The van der Waals surface area contributed by atoms with Crippen LogP contribution in [0.5, 0.6) is 5.75 Å². The predicted octanol–water partition coefficient (Wildman–Crippen LogP) is 2.73. The second-order valence-electron chi connectivity index (χ2n) is 5.15. The fourth-order valence-electron chi connectivity index (χ4n) is 2.02. The van der Waals surface area contributed by atoms with Crippen molar-refractivity contribution in [1.29, 1.82) is 0 Å². The Labute approximate surface area is 154 Å². The number of carbonyl (C=O) groups excluding carboxylic acids is 2. The summed E-state index contributed by atoms with van der Waals surface area (Å²) < 4.78 is 5.86. The van der Waals surface area contributed by atoms with Crippen LogP contribution in [0.2, 0.25) is 0 Å². The first-order chi connectivity index (χ1) is 12.0. The number of benzene rings is 2. The van der Waals surface area contributed by atoms with E-state index in [-0.39, 0.29) is 5.91 Å². The fourth-order valence-corrected chi connectivity index (χ4v) is 2.49. The first-order valence-corrected chi connectivity index (χ1v) is 8.33. The Morgan fingerprint density at radius 3 is 2.56 bits per heavy atom. The lowest BCUT2D eigenvalue weighted by atomic mass is 10.2. The number of ether oxygens (including phenoxy) is 1. The molecule has 0 bridgehead atoms. The average Bonchev–Trinajstić information content (AvgIpc) is 2.62. The van der Waals surface area contributed by atoms with E-state index >= 15 is 0 Å². The third kappa shape index (κ3) is 5.15. The van der Waals surface area contributed by atoms with Gasteiger partial charge in [0.1, 0.15) is 11.8 Å². The van der Waals surface area contributed by atoms with Crippen LogP contribution in [0, 0.1) is 0 Å². The SMILES string of the molecule is COc1ccccc1C=NNC(=O)C(C)NC(=O)c1ccccc1Br. The van der Waals surface area contributed by atoms with E-state index in [9.17, 15) is 9.59 Å². The zero-order chi connectivity index (χ0) is 18.2. The van der Waals surface area contributed by atoms with Crippen LogP contribution in [0.15, 0.2) is 58.1 Å². The maximum absolute atomic E-state index is 12.2. The summed E-state index contributed by atoms with van der Waals surface area (Å²) in [4.78, 5) is 24.2. The molecule has 0 radical (unpaired) electrons. The molecule has 0 aromatic heterocycles. The van der Waals surface area contributed by atoms with Crippen LogP contribution in [-0.2, 0) is 4.79 Å². The largest absolute Gasteiger partial charge is 0.496 e. The highest BCUT2D eigenvalue weighted by Crippen LogP contribution is 2.16. The number of amides is 2. The van der Waals surface area contributed by atoms with Gasteiger partial charge in [-0.15, -0.1) is 0 Å². The normalized spacial score (nSPS) is 11.8. The lowest BCUT2D eigenvalue weighted by molar-refractivity contribution is -0.122. The highest BCUT2D eigenvalue weighted by Gasteiger charge is 2.17. The minimum Gasteiger partial charge on any atom is -0.496 e. The lowest BCUT2D eigenvalue weighted by Crippen LogP contribution is -2.43. The van der Waals surface area contributed by atoms with Crippen molar-refractivity contribution >= 4 is 34.0 Å². The maximum atomic E-state index is 12.2. The number of methoxy groups -OCH3 is 1. The maximum Gasteiger partial charge on any atom is 0.262 e. The molecule has 0 fully saturated rings. The quantitative estimate of drug-likeness (QED) is 0.574. The summed E-state index contributed by atoms with van der Waals surface area (Å²) in [6.45, 7) is 1.59. The first kappa shape index (κ1) is 18.7. The van der Waals surface area contributed by atoms with Crippen LogP contribution in [0.25, 0.3) is 0 Å². The molecule has 0 aliphatic carbocycles. The zero-order valence-electron chi connectivity index (χ0n) is 13.8. The summed E-state index contributed by atoms with van der Waals surface area (Å²) in [5.41, 5.74) is 3.59. The van der Waals surface area contributed by atoms with Gasteiger partial charge in [0.05, 0.1) is 18.9 Å². The summed E-state index contributed by atoms with van der Waals surface area (Å²) in [5, 5.41) is 6.53. The van der Waals surface area contributed by atoms with Gasteiger partial charge in [-0.2, -0.15) is 5.10 Å². The number of hydrazone groups is 1. The Morgan fingerprint density at radius 1 is 1.16 bits per heavy atom. The van der Waals surface area contributed by atoms with Gasteiger partial charge in [0.15, 0.2) is 0 Å². The van der Waals surface area contributed by atoms with Crippen LogP contribution in [0.4, 0.5) is 0 Å². The van der Waals surface area contributed by atoms with Crippen LogP contribution in [0.3, 0.4) is 0 Å². The molecule has 130 valence electrons. The van der Waals surface area contributed by atoms with Gasteiger partial charge in [-0.3, -0.25) is 9.59 Å². The number of carbonyl (C=O) groups is 2. The Bertz CT molecular complexity index is 793. The summed E-state index contributed by atoms with van der Waals surface area (Å²) >= 11 is 3.31. The van der Waals surface area contributed by atoms with Crippen molar-refractivity contribution in [3.05, 3.63) is 64.1 Å². The molecule has 0 saturated heterocycles. The molecule has 7 heteroatoms. The third-order valence-corrected chi connectivity index (χ3v) is 4.07. The van der Waals surface area contributed by atoms with E-state index in [2.05, 4.69) is 31.8 Å². The van der Waals surface area contributed by atoms with Crippen molar-refractivity contribution in [3.63, 3.8) is 0 Å². The van der Waals surface area contributed by atoms with Gasteiger partial charge in [0, 0.05) is 10.0 Å². The molecule has 0 saturated carbocycles. The van der Waals surface area contributed by atoms with Crippen molar-refractivity contribution < 1.29 is 14.3 Å². The van der Waals surface area contributed by atoms with E-state index in [0.717, 1.165) is 5.56 Å². The Kier molecular flexibility index (Phi) is 6.71. The molecule has 2 amide bonds. The molecular weight excluding hydrogens is 386 g/mol. The molecule has 1 unspecified atom stereocenters. The molecule has 0 heterocycles. The number of para-hydroxylation sites is 1. The predicted molar refractivity (Wildman–Crippen MR) is 99.8 cm³/mol. The van der Waals surface area contributed by atoms with Crippen molar-refractivity contribution in [2.24, 2.45) is 5.10 Å². The van der Waals surface area contributed by atoms with E-state index in [1.165, 1.54) is 6.21 Å². The number of rotatable bonds is 6. The molecule has 25 heavy (non-hydrogen) atoms. The van der Waals surface area contributed by atoms with Crippen LogP contribution in [-0.4, -0.2) is 31.2 Å². The Hall–Kier alpha value is -2.67. The number of hydrogen-bond donors (Lipinski definition) is 2. The Morgan fingerprint density at radius 2 is 1.84 bits per heavy atom. The van der Waals surface area contributed by atoms with Crippen molar-refractivity contribution in [2.45, 2.75) is 13.0 Å². The molecular formula is C18H18BrN3O3. The van der Waals surface area contributed by atoms with Gasteiger partial charge in [-0.05, 0) is 47.1 Å². The average molecular weight is 404 g/mol. The van der Waals surface area contributed by atoms with Crippen LogP contribution in [0.1, 0.15) is 22.8 Å². The Balaban J connectivity index is 1.93. The van der Waals surface area contributed by atoms with E-state index in [4.69, 9.17) is 4.74 Å². The van der Waals surface area contributed by atoms with E-state index < -0.39 is 11.9 Å². The summed E-state index contributed by atoms with van der Waals surface area (Å²) in [6, 6.07) is 13.5. The summed E-state index contributed by atoms with van der Waals surface area (Å²) in [7, 11) is 1.56. The van der Waals surface area contributed by atoms with Crippen LogP contribution < -0.4 is 15.5 Å². The fraction of sp³-hybridized carbons (Fsp3) is 0.167. The minimum atomic E-state index is -0.741. The van der Waals surface area contributed by atoms with Crippen molar-refractivity contribution in [2.75, 3.05) is 7.11 Å². The summed E-state index contributed by atoms with van der Waals surface area (Å²) in [6.07, 6.45) is 1.49. The number of halogens is 1. The second-order valence-corrected chi connectivity index (χ2v) is 6.01. The van der Waals surface area contributed by atoms with Gasteiger partial charge in [-0.25, -0.2) is 5.43 Å². The van der Waals surface area contributed by atoms with E-state index in [1.807, 2.05) is 24.3 Å². The molecule has 2 aromatic carbocycles. The molecule has 1 atom stereocenters. The molecule has 2 N–H and O–H groups in total. The third-order valence-electron chi connectivity index (χ3n) is 3.38. The molecule has 0 aliphatic rings. The molecule has 2 rings (SSSR count). The monoisotopic (exact) mass is 403 g/mol. The van der Waals surface area contributed by atoms with Gasteiger partial charge in [-0.1, -0.05) is 24.3 Å². The molecule has 0 spiro atoms. The highest BCUT2D eigenvalue weighted by molar-refractivity contribution is 9.10. The zero-order valence-corrected chi connectivity index (χ0v) is 15.4. The molecule has 0 aliphatic heterocycles. The molecule has 2 aromatic rings. The van der Waals surface area contributed by atoms with Gasteiger partial charge < -0.3 is 10.1 Å². The van der Waals surface area contributed by atoms with E-state index in [0.29, 0.717) is 15.8 Å². The number of nitrogens with one attached hydrogen (secondary N) is 2. The summed E-state index contributed by atoms with van der Waals surface area (Å²) in [5.74, 6) is -0.119. The van der Waals surface area contributed by atoms with Crippen LogP contribution >= 0.6 is 15.9 Å². The highest BCUT2D eigenvalue weighted by atomic mass is 79.9. The lowest BCUT2D eigenvalue weighted by Gasteiger charge is -2.13. The topological polar surface area (TPSA) is 79.8 Å². The van der Waals surface area contributed by atoms with Crippen molar-refractivity contribution in [1.82, 2.24) is 10.7 Å². The number of hydrogen-bond acceptors (Lipinski definition) is 4. The van der Waals surface area contributed by atoms with Gasteiger partial charge in [0.25, 0.3) is 11.8 Å². The first-order valence-electron chi connectivity index (χ1n) is 7.54. The van der Waals surface area contributed by atoms with E-state index in [1.54, 1.807) is 38.3 Å². The minimum absolute atomic E-state index is 0.344. The van der Waals surface area contributed by atoms with Gasteiger partial charge >= 0.3 is 0 Å². The number of nitrogens with zero attached hydrogens (tertiary/aromatic N) is 1. The smallest absolute Gasteiger partial charge is 0.262 e. The second kappa shape index (κ2) is 8.98. The standard InChI is InChI=1S/C18H18BrN3O3/c1-12(21-18(24)14-8-4-5-9-15(14)19)17(23)22-20-11-13-7-3-6-10-16(13)25-2/h3-12H,1-2H3,(H,21,24)(H,22,23). The molecule has 6 nitrogen and oxygen atoms in total. The van der Waals surface area contributed by atoms with Gasteiger partial charge in [0.2, 0.25) is 0 Å².